The number of likely N-dealkylation sites (N-methyl/N-ethyl adjacent to an activating group) is 1. The molecular formula is C23H25NO9. The van der Waals surface area contributed by atoms with Crippen molar-refractivity contribution >= 4 is 23.1 Å². The maximum atomic E-state index is 13.7. The van der Waals surface area contributed by atoms with Gasteiger partial charge < -0.3 is 30.6 Å². The van der Waals surface area contributed by atoms with Crippen LogP contribution in [0.3, 0.4) is 0 Å². The third-order valence-corrected chi connectivity index (χ3v) is 7.14. The molecule has 0 heterocycles. The summed E-state index contributed by atoms with van der Waals surface area (Å²) >= 11 is 0. The number of ketones is 3. The van der Waals surface area contributed by atoms with Crippen molar-refractivity contribution < 1.29 is 45.0 Å². The van der Waals surface area contributed by atoms with Crippen LogP contribution in [-0.4, -0.2) is 84.7 Å². The first-order valence-corrected chi connectivity index (χ1v) is 10.3. The maximum absolute atomic E-state index is 13.7. The van der Waals surface area contributed by atoms with E-state index in [2.05, 4.69) is 0 Å². The molecule has 1 saturated carbocycles. The molecule has 176 valence electrons. The van der Waals surface area contributed by atoms with E-state index in [1.807, 2.05) is 0 Å². The minimum absolute atomic E-state index is 0.0266. The largest absolute Gasteiger partial charge is 0.508 e. The number of hydrogen-bond donors (Lipinski definition) is 6. The van der Waals surface area contributed by atoms with Crippen molar-refractivity contribution in [1.82, 2.24) is 4.90 Å². The summed E-state index contributed by atoms with van der Waals surface area (Å²) in [5.74, 6) is -8.73. The number of benzene rings is 1. The molecule has 6 atom stereocenters. The quantitative estimate of drug-likeness (QED) is 0.322. The van der Waals surface area contributed by atoms with Crippen LogP contribution in [0.15, 0.2) is 35.1 Å². The van der Waals surface area contributed by atoms with Crippen molar-refractivity contribution in [3.63, 3.8) is 0 Å². The van der Waals surface area contributed by atoms with Gasteiger partial charge in [0, 0.05) is 0 Å². The summed E-state index contributed by atoms with van der Waals surface area (Å²) in [6, 6.07) is 2.63. The Morgan fingerprint density at radius 3 is 2.24 bits per heavy atom. The monoisotopic (exact) mass is 459 g/mol. The summed E-state index contributed by atoms with van der Waals surface area (Å²) in [5, 5.41) is 66.6. The van der Waals surface area contributed by atoms with Gasteiger partial charge in [0.15, 0.2) is 17.2 Å². The lowest BCUT2D eigenvalue weighted by Gasteiger charge is -2.55. The molecule has 3 aliphatic carbocycles. The van der Waals surface area contributed by atoms with Crippen LogP contribution < -0.4 is 0 Å². The summed E-state index contributed by atoms with van der Waals surface area (Å²) in [6.07, 6.45) is -1.83. The summed E-state index contributed by atoms with van der Waals surface area (Å²) < 4.78 is 0. The molecule has 0 amide bonds. The van der Waals surface area contributed by atoms with Gasteiger partial charge in [-0.05, 0) is 39.6 Å². The molecule has 0 aromatic heterocycles. The van der Waals surface area contributed by atoms with E-state index in [1.165, 1.54) is 44.1 Å². The lowest BCUT2D eigenvalue weighted by atomic mass is 9.53. The number of carbonyl (C=O) groups excluding carboxylic acids is 3. The van der Waals surface area contributed by atoms with Gasteiger partial charge in [0.2, 0.25) is 5.78 Å². The SMILES string of the molecule is CC(=O)C1=C(O)[C@@]2(O)C(=O)C3=C(O)c4c(O)cccc4[C@@](C)(O)C3C(O)C2C(N(C)C)C1=O. The zero-order valence-electron chi connectivity index (χ0n) is 18.4. The summed E-state index contributed by atoms with van der Waals surface area (Å²) in [4.78, 5) is 40.3. The minimum Gasteiger partial charge on any atom is -0.508 e. The number of aliphatic hydroxyl groups is 5. The van der Waals surface area contributed by atoms with Crippen LogP contribution in [0.5, 0.6) is 5.75 Å². The third kappa shape index (κ3) is 2.66. The lowest BCUT2D eigenvalue weighted by molar-refractivity contribution is -0.181. The number of hydrogen-bond acceptors (Lipinski definition) is 10. The highest BCUT2D eigenvalue weighted by atomic mass is 16.4. The van der Waals surface area contributed by atoms with Crippen LogP contribution in [-0.2, 0) is 20.0 Å². The molecule has 0 bridgehead atoms. The van der Waals surface area contributed by atoms with Crippen molar-refractivity contribution in [2.45, 2.75) is 37.2 Å². The van der Waals surface area contributed by atoms with E-state index in [4.69, 9.17) is 0 Å². The Bertz CT molecular complexity index is 1180. The normalized spacial score (nSPS) is 36.0. The first-order chi connectivity index (χ1) is 15.2. The van der Waals surface area contributed by atoms with E-state index in [9.17, 15) is 45.0 Å². The summed E-state index contributed by atoms with van der Waals surface area (Å²) in [5.41, 5.74) is -6.60. The molecule has 1 fully saturated rings. The third-order valence-electron chi connectivity index (χ3n) is 7.14. The Kier molecular flexibility index (Phi) is 4.89. The number of Topliss-reactive ketones (excluding diaryl/α,β-unsaturated/α-hetero) is 3. The molecular weight excluding hydrogens is 434 g/mol. The van der Waals surface area contributed by atoms with Crippen molar-refractivity contribution in [1.29, 1.82) is 0 Å². The molecule has 3 aliphatic rings. The van der Waals surface area contributed by atoms with Crippen LogP contribution in [0, 0.1) is 11.8 Å². The molecule has 6 N–H and O–H groups in total. The fourth-order valence-corrected chi connectivity index (χ4v) is 5.70. The van der Waals surface area contributed by atoms with Crippen LogP contribution in [0.1, 0.15) is 25.0 Å². The van der Waals surface area contributed by atoms with Gasteiger partial charge in [-0.1, -0.05) is 12.1 Å². The van der Waals surface area contributed by atoms with Gasteiger partial charge >= 0.3 is 0 Å². The first-order valence-electron chi connectivity index (χ1n) is 10.3. The number of phenols is 1. The van der Waals surface area contributed by atoms with Crippen molar-refractivity contribution in [2.24, 2.45) is 11.8 Å². The smallest absolute Gasteiger partial charge is 0.202 e. The van der Waals surface area contributed by atoms with Crippen LogP contribution in [0.2, 0.25) is 0 Å². The molecule has 1 aromatic rings. The van der Waals surface area contributed by atoms with Crippen molar-refractivity contribution in [3.8, 4) is 5.75 Å². The zero-order valence-corrected chi connectivity index (χ0v) is 18.4. The number of phenolic OH excluding ortho intramolecular Hbond substituents is 1. The minimum atomic E-state index is -2.94. The Morgan fingerprint density at radius 2 is 1.70 bits per heavy atom. The predicted octanol–water partition coefficient (Wildman–Crippen LogP) is -0.297. The molecule has 10 heteroatoms. The average Bonchev–Trinajstić information content (AvgIpc) is 2.70. The molecule has 10 nitrogen and oxygen atoms in total. The molecule has 1 aromatic carbocycles. The second-order valence-electron chi connectivity index (χ2n) is 9.25. The van der Waals surface area contributed by atoms with Gasteiger partial charge in [-0.25, -0.2) is 0 Å². The van der Waals surface area contributed by atoms with Gasteiger partial charge in [0.05, 0.1) is 40.7 Å². The maximum Gasteiger partial charge on any atom is 0.202 e. The van der Waals surface area contributed by atoms with Gasteiger partial charge in [-0.2, -0.15) is 0 Å². The van der Waals surface area contributed by atoms with E-state index in [0.717, 1.165) is 6.92 Å². The number of carbonyl (C=O) groups is 3. The highest BCUT2D eigenvalue weighted by Crippen LogP contribution is 2.57. The molecule has 0 saturated heterocycles. The Hall–Kier alpha value is -3.05. The number of aromatic hydroxyl groups is 1. The molecule has 0 radical (unpaired) electrons. The number of aliphatic hydroxyl groups excluding tert-OH is 3. The highest BCUT2D eigenvalue weighted by Gasteiger charge is 2.70. The Labute approximate surface area is 188 Å². The first kappa shape index (κ1) is 23.1. The second-order valence-corrected chi connectivity index (χ2v) is 9.25. The molecule has 33 heavy (non-hydrogen) atoms. The van der Waals surface area contributed by atoms with Gasteiger partial charge in [0.25, 0.3) is 0 Å². The van der Waals surface area contributed by atoms with E-state index in [1.54, 1.807) is 0 Å². The number of fused-ring (bicyclic) bond motifs is 3. The fraction of sp³-hybridized carbons (Fsp3) is 0.435. The van der Waals surface area contributed by atoms with Crippen LogP contribution >= 0.6 is 0 Å². The van der Waals surface area contributed by atoms with E-state index in [-0.39, 0.29) is 11.1 Å². The van der Waals surface area contributed by atoms with Gasteiger partial charge in [0.1, 0.15) is 22.8 Å². The molecule has 0 spiro atoms. The van der Waals surface area contributed by atoms with E-state index < -0.39 is 80.9 Å². The van der Waals surface area contributed by atoms with E-state index >= 15 is 0 Å². The number of nitrogens with zero attached hydrogens (tertiary/aromatic N) is 1. The summed E-state index contributed by atoms with van der Waals surface area (Å²) in [7, 11) is 2.88. The zero-order chi connectivity index (χ0) is 24.8. The van der Waals surface area contributed by atoms with Gasteiger partial charge in [-0.15, -0.1) is 0 Å². The predicted molar refractivity (Wildman–Crippen MR) is 113 cm³/mol. The van der Waals surface area contributed by atoms with Crippen molar-refractivity contribution in [2.75, 3.05) is 14.1 Å². The second kappa shape index (κ2) is 6.97. The van der Waals surface area contributed by atoms with Gasteiger partial charge in [-0.3, -0.25) is 19.3 Å². The van der Waals surface area contributed by atoms with E-state index in [0.29, 0.717) is 0 Å². The average molecular weight is 459 g/mol. The Balaban J connectivity index is 2.11. The Morgan fingerprint density at radius 1 is 1.09 bits per heavy atom. The number of rotatable bonds is 2. The van der Waals surface area contributed by atoms with Crippen LogP contribution in [0.4, 0.5) is 0 Å². The topological polar surface area (TPSA) is 176 Å². The lowest BCUT2D eigenvalue weighted by Crippen LogP contribution is -2.71. The fourth-order valence-electron chi connectivity index (χ4n) is 5.70. The van der Waals surface area contributed by atoms with Crippen molar-refractivity contribution in [3.05, 3.63) is 46.2 Å². The summed E-state index contributed by atoms with van der Waals surface area (Å²) in [6.45, 7) is 2.26. The van der Waals surface area contributed by atoms with Crippen LogP contribution in [0.25, 0.3) is 5.76 Å². The molecule has 0 aliphatic heterocycles. The molecule has 4 rings (SSSR count). The highest BCUT2D eigenvalue weighted by molar-refractivity contribution is 6.25. The molecule has 4 unspecified atom stereocenters. The standard InChI is InChI=1S/C23H25NO9/c1-8(25)11-18(28)16(24(3)4)15-19(29)14-13(21(31)23(15,33)20(11)30)17(27)12-9(22(14,2)32)6-5-7-10(12)26/h5-7,14-16,19,26-27,29-30,32-33H,1-4H3/t14?,15?,16?,19?,22-,23-/m1/s1.